The molecule has 16 heavy (non-hydrogen) atoms. The first-order valence-electron chi connectivity index (χ1n) is 4.95. The van der Waals surface area contributed by atoms with Crippen molar-refractivity contribution in [1.82, 2.24) is 0 Å². The zero-order valence-electron chi connectivity index (χ0n) is 9.24. The third-order valence-corrected chi connectivity index (χ3v) is 1.93. The molecule has 0 saturated carbocycles. The second kappa shape index (κ2) is 7.53. The van der Waals surface area contributed by atoms with E-state index in [4.69, 9.17) is 5.11 Å². The maximum atomic E-state index is 10.8. The maximum Gasteiger partial charge on any atom is 0.314 e. The summed E-state index contributed by atoms with van der Waals surface area (Å²) in [6.07, 6.45) is -5.15. The molecule has 0 aromatic heterocycles. The fraction of sp³-hybridized carbons (Fsp3) is 0.889. The van der Waals surface area contributed by atoms with Crippen molar-refractivity contribution in [1.29, 1.82) is 0 Å². The Bertz CT molecular complexity index is 208. The van der Waals surface area contributed by atoms with Crippen molar-refractivity contribution in [3.8, 4) is 0 Å². The van der Waals surface area contributed by atoms with E-state index in [9.17, 15) is 20.1 Å². The van der Waals surface area contributed by atoms with Gasteiger partial charge in [0.25, 0.3) is 0 Å². The predicted octanol–water partition coefficient (Wildman–Crippen LogP) is -1.24. The van der Waals surface area contributed by atoms with Gasteiger partial charge in [-0.3, -0.25) is 4.79 Å². The largest absolute Gasteiger partial charge is 0.481 e. The van der Waals surface area contributed by atoms with Gasteiger partial charge in [0, 0.05) is 13.2 Å². The number of aliphatic carboxylic acids is 1. The Balaban J connectivity index is 4.57. The van der Waals surface area contributed by atoms with Crippen LogP contribution in [0.2, 0.25) is 0 Å². The third-order valence-electron chi connectivity index (χ3n) is 1.93. The van der Waals surface area contributed by atoms with Crippen molar-refractivity contribution >= 4 is 5.97 Å². The molecule has 0 bridgehead atoms. The van der Waals surface area contributed by atoms with Crippen LogP contribution in [0.1, 0.15) is 13.8 Å². The summed E-state index contributed by atoms with van der Waals surface area (Å²) in [7, 11) is 0. The Morgan fingerprint density at radius 2 is 1.50 bits per heavy atom. The molecule has 0 aliphatic carbocycles. The monoisotopic (exact) mass is 238 g/mol. The molecular weight excluding hydrogens is 220 g/mol. The van der Waals surface area contributed by atoms with Crippen LogP contribution in [0.3, 0.4) is 0 Å². The number of carboxylic acids is 1. The molecule has 0 radical (unpaired) electrons. The summed E-state index contributed by atoms with van der Waals surface area (Å²) < 4.78 is 9.30. The highest BCUT2D eigenvalue weighted by molar-refractivity contribution is 5.71. The first kappa shape index (κ1) is 15.3. The third kappa shape index (κ3) is 4.42. The van der Waals surface area contributed by atoms with Gasteiger partial charge < -0.3 is 29.9 Å². The fourth-order valence-corrected chi connectivity index (χ4v) is 1.16. The summed E-state index contributed by atoms with van der Waals surface area (Å²) in [5.74, 6) is -3.14. The highest BCUT2D eigenvalue weighted by Gasteiger charge is 2.38. The van der Waals surface area contributed by atoms with E-state index in [-0.39, 0.29) is 13.2 Å². The van der Waals surface area contributed by atoms with Crippen LogP contribution >= 0.6 is 0 Å². The number of ether oxygens (including phenoxy) is 2. The number of carboxylic acid groups (broad SMARTS) is 1. The Kier molecular flexibility index (Phi) is 7.18. The van der Waals surface area contributed by atoms with Gasteiger partial charge in [0.05, 0.1) is 0 Å². The average molecular weight is 238 g/mol. The Morgan fingerprint density at radius 1 is 1.06 bits per heavy atom. The minimum Gasteiger partial charge on any atom is -0.481 e. The van der Waals surface area contributed by atoms with E-state index in [2.05, 4.69) is 9.47 Å². The highest BCUT2D eigenvalue weighted by Crippen LogP contribution is 2.15. The lowest BCUT2D eigenvalue weighted by molar-refractivity contribution is -0.224. The summed E-state index contributed by atoms with van der Waals surface area (Å²) >= 11 is 0. The highest BCUT2D eigenvalue weighted by atomic mass is 16.6. The molecule has 4 unspecified atom stereocenters. The van der Waals surface area contributed by atoms with Gasteiger partial charge in [0.2, 0.25) is 0 Å². The van der Waals surface area contributed by atoms with E-state index in [1.807, 2.05) is 0 Å². The molecule has 0 aliphatic heterocycles. The number of rotatable bonds is 8. The zero-order chi connectivity index (χ0) is 12.7. The Labute approximate surface area is 93.2 Å². The van der Waals surface area contributed by atoms with Gasteiger partial charge in [-0.05, 0) is 13.8 Å². The molecule has 0 amide bonds. The smallest absolute Gasteiger partial charge is 0.314 e. The molecule has 0 aromatic carbocycles. The molecule has 0 spiro atoms. The molecule has 0 fully saturated rings. The summed E-state index contributed by atoms with van der Waals surface area (Å²) in [5, 5.41) is 36.9. The van der Waals surface area contributed by atoms with Crippen LogP contribution in [0.4, 0.5) is 0 Å². The summed E-state index contributed by atoms with van der Waals surface area (Å²) in [6, 6.07) is 0. The van der Waals surface area contributed by atoms with Gasteiger partial charge in [-0.15, -0.1) is 0 Å². The fourth-order valence-electron chi connectivity index (χ4n) is 1.16. The van der Waals surface area contributed by atoms with Crippen molar-refractivity contribution in [2.24, 2.45) is 5.92 Å². The van der Waals surface area contributed by atoms with Crippen LogP contribution in [0.25, 0.3) is 0 Å². The SMILES string of the molecule is CCOC(O)C(O)C(C(=O)O)C(O)OCC. The van der Waals surface area contributed by atoms with Gasteiger partial charge in [0.15, 0.2) is 12.6 Å². The van der Waals surface area contributed by atoms with Gasteiger partial charge in [-0.1, -0.05) is 0 Å². The van der Waals surface area contributed by atoms with Crippen molar-refractivity contribution < 1.29 is 34.7 Å². The van der Waals surface area contributed by atoms with E-state index >= 15 is 0 Å². The van der Waals surface area contributed by atoms with Crippen LogP contribution in [-0.2, 0) is 14.3 Å². The molecule has 4 N–H and O–H groups in total. The normalized spacial score (nSPS) is 18.8. The number of hydrogen-bond donors (Lipinski definition) is 4. The van der Waals surface area contributed by atoms with E-state index in [1.165, 1.54) is 0 Å². The van der Waals surface area contributed by atoms with Crippen LogP contribution in [0.5, 0.6) is 0 Å². The van der Waals surface area contributed by atoms with Crippen molar-refractivity contribution in [3.63, 3.8) is 0 Å². The summed E-state index contributed by atoms with van der Waals surface area (Å²) in [6.45, 7) is 3.33. The Morgan fingerprint density at radius 3 is 1.88 bits per heavy atom. The van der Waals surface area contributed by atoms with Crippen molar-refractivity contribution in [2.75, 3.05) is 13.2 Å². The lowest BCUT2D eigenvalue weighted by Crippen LogP contribution is -2.46. The first-order chi connectivity index (χ1) is 7.45. The number of aliphatic hydroxyl groups excluding tert-OH is 3. The van der Waals surface area contributed by atoms with Gasteiger partial charge in [0.1, 0.15) is 12.0 Å². The lowest BCUT2D eigenvalue weighted by atomic mass is 10.0. The van der Waals surface area contributed by atoms with Crippen LogP contribution in [0, 0.1) is 5.92 Å². The number of aliphatic hydroxyl groups is 3. The first-order valence-corrected chi connectivity index (χ1v) is 4.95. The number of carbonyl (C=O) groups is 1. The van der Waals surface area contributed by atoms with E-state index in [0.717, 1.165) is 0 Å². The summed E-state index contributed by atoms with van der Waals surface area (Å²) in [5.41, 5.74) is 0. The van der Waals surface area contributed by atoms with Gasteiger partial charge in [-0.25, -0.2) is 0 Å². The minimum absolute atomic E-state index is 0.0857. The predicted molar refractivity (Wildman–Crippen MR) is 52.4 cm³/mol. The molecule has 7 heteroatoms. The minimum atomic E-state index is -1.76. The van der Waals surface area contributed by atoms with Gasteiger partial charge in [-0.2, -0.15) is 0 Å². The molecule has 0 saturated heterocycles. The molecular formula is C9H18O7. The Hall–Kier alpha value is -0.730. The molecule has 0 aromatic rings. The van der Waals surface area contributed by atoms with Crippen molar-refractivity contribution in [3.05, 3.63) is 0 Å². The maximum absolute atomic E-state index is 10.8. The zero-order valence-corrected chi connectivity index (χ0v) is 9.24. The molecule has 96 valence electrons. The standard InChI is InChI=1S/C9H18O7/c1-3-15-8(13)5(7(11)12)6(10)9(14)16-4-2/h5-6,8-10,13-14H,3-4H2,1-2H3,(H,11,12). The lowest BCUT2D eigenvalue weighted by Gasteiger charge is -2.26. The second-order valence-electron chi connectivity index (χ2n) is 3.05. The molecule has 0 rings (SSSR count). The quantitative estimate of drug-likeness (QED) is 0.391. The van der Waals surface area contributed by atoms with Crippen LogP contribution < -0.4 is 0 Å². The molecule has 0 aliphatic rings. The van der Waals surface area contributed by atoms with Crippen molar-refractivity contribution in [2.45, 2.75) is 32.5 Å². The van der Waals surface area contributed by atoms with E-state index < -0.39 is 30.6 Å². The summed E-state index contributed by atoms with van der Waals surface area (Å²) in [4.78, 5) is 10.8. The average Bonchev–Trinajstić information content (AvgIpc) is 2.17. The number of hydrogen-bond acceptors (Lipinski definition) is 6. The molecule has 0 heterocycles. The van der Waals surface area contributed by atoms with E-state index in [1.54, 1.807) is 13.8 Å². The second-order valence-corrected chi connectivity index (χ2v) is 3.05. The molecule has 4 atom stereocenters. The molecule has 7 nitrogen and oxygen atoms in total. The van der Waals surface area contributed by atoms with Gasteiger partial charge >= 0.3 is 5.97 Å². The van der Waals surface area contributed by atoms with E-state index in [0.29, 0.717) is 0 Å². The van der Waals surface area contributed by atoms with Crippen LogP contribution in [-0.4, -0.2) is 58.3 Å². The van der Waals surface area contributed by atoms with Crippen LogP contribution in [0.15, 0.2) is 0 Å². The topological polar surface area (TPSA) is 116 Å².